The van der Waals surface area contributed by atoms with E-state index in [1.807, 2.05) is 0 Å². The first-order valence-electron chi connectivity index (χ1n) is 4.49. The summed E-state index contributed by atoms with van der Waals surface area (Å²) in [6.45, 7) is -0.0472. The summed E-state index contributed by atoms with van der Waals surface area (Å²) in [4.78, 5) is 11.2. The van der Waals surface area contributed by atoms with Crippen LogP contribution in [0.2, 0.25) is 0 Å². The van der Waals surface area contributed by atoms with Crippen LogP contribution in [0.15, 0.2) is 22.7 Å². The van der Waals surface area contributed by atoms with Crippen molar-refractivity contribution in [1.29, 1.82) is 0 Å². The van der Waals surface area contributed by atoms with Crippen molar-refractivity contribution in [1.82, 2.24) is 0 Å². The summed E-state index contributed by atoms with van der Waals surface area (Å²) >= 11 is 3.18. The quantitative estimate of drug-likeness (QED) is 0.886. The number of amides is 1. The van der Waals surface area contributed by atoms with Gasteiger partial charge in [-0.05, 0) is 24.6 Å². The summed E-state index contributed by atoms with van der Waals surface area (Å²) in [6.07, 6.45) is 0.559. The van der Waals surface area contributed by atoms with Gasteiger partial charge in [0.05, 0.1) is 5.69 Å². The highest BCUT2D eigenvalue weighted by Gasteiger charge is 2.06. The van der Waals surface area contributed by atoms with Crippen molar-refractivity contribution in [2.45, 2.75) is 12.8 Å². The van der Waals surface area contributed by atoms with Gasteiger partial charge in [-0.1, -0.05) is 15.9 Å². The molecule has 1 amide bonds. The third kappa shape index (κ3) is 3.97. The number of aliphatic hydroxyl groups excluding tert-OH is 1. The van der Waals surface area contributed by atoms with Crippen LogP contribution in [0.25, 0.3) is 0 Å². The first-order chi connectivity index (χ1) is 7.13. The van der Waals surface area contributed by atoms with Crippen molar-refractivity contribution in [2.75, 3.05) is 11.9 Å². The summed E-state index contributed by atoms with van der Waals surface area (Å²) < 4.78 is 13.9. The zero-order valence-electron chi connectivity index (χ0n) is 7.96. The SMILES string of the molecule is O=C(CCCO)Nc1cc(Br)ccc1F. The molecule has 0 aromatic heterocycles. The summed E-state index contributed by atoms with van der Waals surface area (Å²) in [5.74, 6) is -0.781. The first-order valence-corrected chi connectivity index (χ1v) is 5.28. The van der Waals surface area contributed by atoms with Crippen LogP contribution in [0.1, 0.15) is 12.8 Å². The standard InChI is InChI=1S/C10H11BrFNO2/c11-7-3-4-8(12)9(6-7)13-10(15)2-1-5-14/h3-4,6,14H,1-2,5H2,(H,13,15). The van der Waals surface area contributed by atoms with Gasteiger partial charge in [0.2, 0.25) is 5.91 Å². The Morgan fingerprint density at radius 2 is 2.27 bits per heavy atom. The molecule has 0 unspecified atom stereocenters. The fourth-order valence-electron chi connectivity index (χ4n) is 1.05. The number of carbonyl (C=O) groups is 1. The third-order valence-corrected chi connectivity index (χ3v) is 2.26. The molecule has 0 fully saturated rings. The van der Waals surface area contributed by atoms with E-state index in [1.54, 1.807) is 6.07 Å². The highest BCUT2D eigenvalue weighted by atomic mass is 79.9. The van der Waals surface area contributed by atoms with Gasteiger partial charge in [0.1, 0.15) is 5.82 Å². The maximum absolute atomic E-state index is 13.2. The molecule has 0 saturated heterocycles. The molecular weight excluding hydrogens is 265 g/mol. The lowest BCUT2D eigenvalue weighted by Crippen LogP contribution is -2.12. The molecule has 0 atom stereocenters. The molecule has 3 nitrogen and oxygen atoms in total. The Hall–Kier alpha value is -0.940. The molecule has 15 heavy (non-hydrogen) atoms. The van der Waals surface area contributed by atoms with Crippen LogP contribution in [0, 0.1) is 5.82 Å². The maximum atomic E-state index is 13.2. The van der Waals surface area contributed by atoms with Crippen molar-refractivity contribution < 1.29 is 14.3 Å². The van der Waals surface area contributed by atoms with Crippen molar-refractivity contribution in [2.24, 2.45) is 0 Å². The van der Waals surface area contributed by atoms with Gasteiger partial charge in [0.15, 0.2) is 0 Å². The van der Waals surface area contributed by atoms with Gasteiger partial charge in [-0.2, -0.15) is 0 Å². The number of hydrogen-bond donors (Lipinski definition) is 2. The number of aliphatic hydroxyl groups is 1. The van der Waals surface area contributed by atoms with Crippen LogP contribution in [0.4, 0.5) is 10.1 Å². The summed E-state index contributed by atoms with van der Waals surface area (Å²) in [6, 6.07) is 4.32. The van der Waals surface area contributed by atoms with Crippen LogP contribution in [0.3, 0.4) is 0 Å². The van der Waals surface area contributed by atoms with E-state index in [-0.39, 0.29) is 24.6 Å². The van der Waals surface area contributed by atoms with Gasteiger partial charge in [-0.15, -0.1) is 0 Å². The lowest BCUT2D eigenvalue weighted by atomic mass is 10.2. The molecule has 1 rings (SSSR count). The lowest BCUT2D eigenvalue weighted by molar-refractivity contribution is -0.116. The molecule has 1 aromatic carbocycles. The average molecular weight is 276 g/mol. The number of nitrogens with one attached hydrogen (secondary N) is 1. The van der Waals surface area contributed by atoms with E-state index >= 15 is 0 Å². The molecule has 0 aliphatic rings. The average Bonchev–Trinajstić information content (AvgIpc) is 2.20. The molecule has 1 aromatic rings. The molecule has 0 bridgehead atoms. The topological polar surface area (TPSA) is 49.3 Å². The molecule has 0 aliphatic heterocycles. The molecule has 2 N–H and O–H groups in total. The Labute approximate surface area is 95.4 Å². The molecule has 0 heterocycles. The number of rotatable bonds is 4. The maximum Gasteiger partial charge on any atom is 0.224 e. The minimum absolute atomic E-state index is 0.0472. The van der Waals surface area contributed by atoms with E-state index in [0.29, 0.717) is 10.9 Å². The fourth-order valence-corrected chi connectivity index (χ4v) is 1.41. The van der Waals surface area contributed by atoms with E-state index < -0.39 is 5.82 Å². The van der Waals surface area contributed by atoms with Gasteiger partial charge in [-0.25, -0.2) is 4.39 Å². The summed E-state index contributed by atoms with van der Waals surface area (Å²) in [5, 5.41) is 10.9. The number of anilines is 1. The molecule has 5 heteroatoms. The second-order valence-corrected chi connectivity index (χ2v) is 3.92. The predicted molar refractivity (Wildman–Crippen MR) is 59.0 cm³/mol. The van der Waals surface area contributed by atoms with Crippen molar-refractivity contribution in [3.63, 3.8) is 0 Å². The molecule has 82 valence electrons. The lowest BCUT2D eigenvalue weighted by Gasteiger charge is -2.06. The van der Waals surface area contributed by atoms with Crippen LogP contribution in [0.5, 0.6) is 0 Å². The van der Waals surface area contributed by atoms with Crippen LogP contribution in [-0.2, 0) is 4.79 Å². The van der Waals surface area contributed by atoms with Gasteiger partial charge in [-0.3, -0.25) is 4.79 Å². The molecule has 0 saturated carbocycles. The minimum atomic E-state index is -0.476. The normalized spacial score (nSPS) is 10.1. The number of benzene rings is 1. The first kappa shape index (κ1) is 12.1. The Kier molecular flexibility index (Phi) is 4.71. The Bertz CT molecular complexity index is 357. The Balaban J connectivity index is 2.63. The third-order valence-electron chi connectivity index (χ3n) is 1.76. The van der Waals surface area contributed by atoms with Gasteiger partial charge in [0.25, 0.3) is 0 Å². The smallest absolute Gasteiger partial charge is 0.224 e. The van der Waals surface area contributed by atoms with Gasteiger partial charge >= 0.3 is 0 Å². The molecular formula is C10H11BrFNO2. The zero-order chi connectivity index (χ0) is 11.3. The second-order valence-electron chi connectivity index (χ2n) is 3.00. The van der Waals surface area contributed by atoms with E-state index in [4.69, 9.17) is 5.11 Å². The van der Waals surface area contributed by atoms with Crippen molar-refractivity contribution in [3.8, 4) is 0 Å². The highest BCUT2D eigenvalue weighted by molar-refractivity contribution is 9.10. The van der Waals surface area contributed by atoms with Crippen molar-refractivity contribution >= 4 is 27.5 Å². The fraction of sp³-hybridized carbons (Fsp3) is 0.300. The Morgan fingerprint density at radius 1 is 1.53 bits per heavy atom. The van der Waals surface area contributed by atoms with E-state index in [2.05, 4.69) is 21.2 Å². The largest absolute Gasteiger partial charge is 0.396 e. The van der Waals surface area contributed by atoms with E-state index in [1.165, 1.54) is 12.1 Å². The summed E-state index contributed by atoms with van der Waals surface area (Å²) in [7, 11) is 0. The van der Waals surface area contributed by atoms with Crippen LogP contribution < -0.4 is 5.32 Å². The Morgan fingerprint density at radius 3 is 2.93 bits per heavy atom. The molecule has 0 radical (unpaired) electrons. The molecule has 0 aliphatic carbocycles. The zero-order valence-corrected chi connectivity index (χ0v) is 9.55. The van der Waals surface area contributed by atoms with Gasteiger partial charge in [0, 0.05) is 17.5 Å². The highest BCUT2D eigenvalue weighted by Crippen LogP contribution is 2.20. The minimum Gasteiger partial charge on any atom is -0.396 e. The van der Waals surface area contributed by atoms with E-state index in [9.17, 15) is 9.18 Å². The van der Waals surface area contributed by atoms with Crippen molar-refractivity contribution in [3.05, 3.63) is 28.5 Å². The van der Waals surface area contributed by atoms with Crippen LogP contribution >= 0.6 is 15.9 Å². The molecule has 0 spiro atoms. The predicted octanol–water partition coefficient (Wildman–Crippen LogP) is 2.30. The second kappa shape index (κ2) is 5.82. The number of carbonyl (C=O) groups excluding carboxylic acids is 1. The van der Waals surface area contributed by atoms with E-state index in [0.717, 1.165) is 0 Å². The van der Waals surface area contributed by atoms with Gasteiger partial charge < -0.3 is 10.4 Å². The van der Waals surface area contributed by atoms with Crippen LogP contribution in [-0.4, -0.2) is 17.6 Å². The summed E-state index contributed by atoms with van der Waals surface area (Å²) in [5.41, 5.74) is 0.146. The number of halogens is 2. The monoisotopic (exact) mass is 275 g/mol. The number of hydrogen-bond acceptors (Lipinski definition) is 2.